The van der Waals surface area contributed by atoms with Crippen molar-refractivity contribution in [2.45, 2.75) is 32.4 Å². The van der Waals surface area contributed by atoms with Crippen molar-refractivity contribution in [3.05, 3.63) is 65.7 Å². The quantitative estimate of drug-likeness (QED) is 0.563. The van der Waals surface area contributed by atoms with Crippen LogP contribution in [-0.2, 0) is 24.7 Å². The summed E-state index contributed by atoms with van der Waals surface area (Å²) in [7, 11) is 0. The first-order chi connectivity index (χ1) is 14.2. The van der Waals surface area contributed by atoms with Crippen molar-refractivity contribution in [2.75, 3.05) is 11.9 Å². The molecule has 0 aliphatic carbocycles. The molecule has 1 aliphatic rings. The summed E-state index contributed by atoms with van der Waals surface area (Å²) in [4.78, 5) is 50.5. The largest absolute Gasteiger partial charge is 0.451 e. The van der Waals surface area contributed by atoms with E-state index in [-0.39, 0.29) is 0 Å². The molecule has 2 aromatic carbocycles. The van der Waals surface area contributed by atoms with Crippen molar-refractivity contribution < 1.29 is 23.9 Å². The van der Waals surface area contributed by atoms with Gasteiger partial charge in [0, 0.05) is 5.69 Å². The number of nitrogens with zero attached hydrogens (tertiary/aromatic N) is 1. The van der Waals surface area contributed by atoms with Gasteiger partial charge in [-0.3, -0.25) is 19.3 Å². The van der Waals surface area contributed by atoms with Crippen molar-refractivity contribution in [1.29, 1.82) is 0 Å². The molecule has 0 saturated carbocycles. The Balaban J connectivity index is 1.62. The topological polar surface area (TPSA) is 105 Å². The fourth-order valence-electron chi connectivity index (χ4n) is 3.11. The van der Waals surface area contributed by atoms with Crippen LogP contribution in [0, 0.1) is 6.92 Å². The molecule has 1 aliphatic heterocycles. The van der Waals surface area contributed by atoms with Gasteiger partial charge in [0.05, 0.1) is 0 Å². The molecule has 156 valence electrons. The molecule has 8 heteroatoms. The highest BCUT2D eigenvalue weighted by Gasteiger charge is 2.49. The molecule has 0 unspecified atom stereocenters. The van der Waals surface area contributed by atoms with Crippen molar-refractivity contribution in [3.8, 4) is 0 Å². The average Bonchev–Trinajstić information content (AvgIpc) is 2.93. The number of rotatable bonds is 6. The predicted octanol–water partition coefficient (Wildman–Crippen LogP) is 2.33. The zero-order valence-corrected chi connectivity index (χ0v) is 17.0. The first kappa shape index (κ1) is 21.0. The number of amides is 4. The smallest absolute Gasteiger partial charge is 0.327 e. The second-order valence-corrected chi connectivity index (χ2v) is 7.30. The lowest BCUT2D eigenvalue weighted by atomic mass is 9.91. The lowest BCUT2D eigenvalue weighted by Gasteiger charge is -2.22. The Kier molecular flexibility index (Phi) is 5.86. The third-order valence-corrected chi connectivity index (χ3v) is 4.91. The third kappa shape index (κ3) is 4.32. The van der Waals surface area contributed by atoms with Crippen LogP contribution in [0.25, 0.3) is 0 Å². The third-order valence-electron chi connectivity index (χ3n) is 4.91. The first-order valence-electron chi connectivity index (χ1n) is 9.47. The van der Waals surface area contributed by atoms with Gasteiger partial charge in [-0.1, -0.05) is 48.0 Å². The van der Waals surface area contributed by atoms with E-state index >= 15 is 0 Å². The van der Waals surface area contributed by atoms with E-state index in [9.17, 15) is 19.2 Å². The maximum atomic E-state index is 12.9. The van der Waals surface area contributed by atoms with Gasteiger partial charge in [-0.25, -0.2) is 4.79 Å². The fourth-order valence-corrected chi connectivity index (χ4v) is 3.11. The zero-order valence-electron chi connectivity index (χ0n) is 17.0. The van der Waals surface area contributed by atoms with Gasteiger partial charge in [0.15, 0.2) is 6.10 Å². The summed E-state index contributed by atoms with van der Waals surface area (Å²) in [5, 5.41) is 5.25. The standard InChI is InChI=1S/C22H23N3O5/c1-14-9-11-16(12-10-14)22(3)20(28)25(21(29)24-22)13-18(26)30-15(2)19(27)23-17-7-5-4-6-8-17/h4-12,15H,13H2,1-3H3,(H,23,27)(H,24,29)/t15-,22-/m1/s1. The second-order valence-electron chi connectivity index (χ2n) is 7.30. The summed E-state index contributed by atoms with van der Waals surface area (Å²) < 4.78 is 5.11. The summed E-state index contributed by atoms with van der Waals surface area (Å²) >= 11 is 0. The van der Waals surface area contributed by atoms with E-state index in [0.717, 1.165) is 10.5 Å². The minimum absolute atomic E-state index is 0.517. The molecule has 1 saturated heterocycles. The van der Waals surface area contributed by atoms with Crippen LogP contribution in [0.5, 0.6) is 0 Å². The second kappa shape index (κ2) is 8.36. The van der Waals surface area contributed by atoms with Crippen LogP contribution in [0.2, 0.25) is 0 Å². The van der Waals surface area contributed by atoms with Crippen LogP contribution in [0.15, 0.2) is 54.6 Å². The van der Waals surface area contributed by atoms with E-state index in [2.05, 4.69) is 10.6 Å². The lowest BCUT2D eigenvalue weighted by Crippen LogP contribution is -2.42. The van der Waals surface area contributed by atoms with E-state index in [4.69, 9.17) is 4.74 Å². The molecule has 2 atom stereocenters. The zero-order chi connectivity index (χ0) is 21.9. The monoisotopic (exact) mass is 409 g/mol. The van der Waals surface area contributed by atoms with Crippen molar-refractivity contribution in [2.24, 2.45) is 0 Å². The highest BCUT2D eigenvalue weighted by Crippen LogP contribution is 2.29. The number of carbonyl (C=O) groups is 4. The van der Waals surface area contributed by atoms with Crippen LogP contribution in [0.1, 0.15) is 25.0 Å². The van der Waals surface area contributed by atoms with Crippen LogP contribution < -0.4 is 10.6 Å². The summed E-state index contributed by atoms with van der Waals surface area (Å²) in [6, 6.07) is 15.2. The van der Waals surface area contributed by atoms with E-state index in [1.807, 2.05) is 25.1 Å². The summed E-state index contributed by atoms with van der Waals surface area (Å²) in [5.74, 6) is -1.94. The van der Waals surface area contributed by atoms with Crippen molar-refractivity contribution in [1.82, 2.24) is 10.2 Å². The van der Waals surface area contributed by atoms with Crippen LogP contribution >= 0.6 is 0 Å². The maximum absolute atomic E-state index is 12.9. The van der Waals surface area contributed by atoms with Gasteiger partial charge in [0.1, 0.15) is 12.1 Å². The summed E-state index contributed by atoms with van der Waals surface area (Å²) in [6.07, 6.45) is -1.10. The number of nitrogens with one attached hydrogen (secondary N) is 2. The Morgan fingerprint density at radius 3 is 2.37 bits per heavy atom. The van der Waals surface area contributed by atoms with Crippen molar-refractivity contribution >= 4 is 29.5 Å². The Morgan fingerprint density at radius 2 is 1.73 bits per heavy atom. The molecular formula is C22H23N3O5. The summed E-state index contributed by atoms with van der Waals surface area (Å²) in [5.41, 5.74) is 0.912. The molecule has 2 aromatic rings. The minimum Gasteiger partial charge on any atom is -0.451 e. The molecule has 0 aromatic heterocycles. The number of carbonyl (C=O) groups excluding carboxylic acids is 4. The number of imide groups is 1. The number of urea groups is 1. The Labute approximate surface area is 174 Å². The van der Waals surface area contributed by atoms with Crippen LogP contribution in [0.3, 0.4) is 0 Å². The van der Waals surface area contributed by atoms with Gasteiger partial charge in [0.2, 0.25) is 0 Å². The SMILES string of the molecule is Cc1ccc([C@@]2(C)NC(=O)N(CC(=O)O[C@H](C)C(=O)Nc3ccccc3)C2=O)cc1. The molecule has 30 heavy (non-hydrogen) atoms. The molecule has 4 amide bonds. The van der Waals surface area contributed by atoms with E-state index in [0.29, 0.717) is 11.3 Å². The first-order valence-corrected chi connectivity index (χ1v) is 9.47. The van der Waals surface area contributed by atoms with Crippen LogP contribution in [0.4, 0.5) is 10.5 Å². The predicted molar refractivity (Wildman–Crippen MR) is 109 cm³/mol. The average molecular weight is 409 g/mol. The fraction of sp³-hybridized carbons (Fsp3) is 0.273. The number of benzene rings is 2. The van der Waals surface area contributed by atoms with Gasteiger partial charge in [-0.2, -0.15) is 0 Å². The Morgan fingerprint density at radius 1 is 1.10 bits per heavy atom. The molecule has 0 radical (unpaired) electrons. The highest BCUT2D eigenvalue weighted by atomic mass is 16.5. The number of aryl methyl sites for hydroxylation is 1. The maximum Gasteiger partial charge on any atom is 0.327 e. The van der Waals surface area contributed by atoms with Crippen molar-refractivity contribution in [3.63, 3.8) is 0 Å². The van der Waals surface area contributed by atoms with E-state index in [1.54, 1.807) is 43.3 Å². The highest BCUT2D eigenvalue weighted by molar-refractivity contribution is 6.09. The molecule has 0 bridgehead atoms. The number of hydrogen-bond donors (Lipinski definition) is 2. The number of esters is 1. The number of anilines is 1. The molecule has 0 spiro atoms. The molecular weight excluding hydrogens is 386 g/mol. The number of para-hydroxylation sites is 1. The number of ether oxygens (including phenoxy) is 1. The molecule has 2 N–H and O–H groups in total. The minimum atomic E-state index is -1.28. The Bertz CT molecular complexity index is 974. The molecule has 1 fully saturated rings. The van der Waals surface area contributed by atoms with E-state index in [1.165, 1.54) is 6.92 Å². The van der Waals surface area contributed by atoms with E-state index < -0.39 is 42.0 Å². The summed E-state index contributed by atoms with van der Waals surface area (Å²) in [6.45, 7) is 4.32. The van der Waals surface area contributed by atoms with Gasteiger partial charge < -0.3 is 15.4 Å². The number of hydrogen-bond acceptors (Lipinski definition) is 5. The molecule has 8 nitrogen and oxygen atoms in total. The Hall–Kier alpha value is -3.68. The van der Waals surface area contributed by atoms with Gasteiger partial charge in [-0.15, -0.1) is 0 Å². The normalized spacial score (nSPS) is 19.2. The van der Waals surface area contributed by atoms with Gasteiger partial charge in [-0.05, 0) is 38.5 Å². The lowest BCUT2D eigenvalue weighted by molar-refractivity contribution is -0.155. The molecule has 1 heterocycles. The van der Waals surface area contributed by atoms with Crippen LogP contribution in [-0.4, -0.2) is 41.4 Å². The molecule has 3 rings (SSSR count). The van der Waals surface area contributed by atoms with Gasteiger partial charge >= 0.3 is 12.0 Å². The van der Waals surface area contributed by atoms with Gasteiger partial charge in [0.25, 0.3) is 11.8 Å².